The molecule has 0 aromatic carbocycles. The van der Waals surface area contributed by atoms with Crippen molar-refractivity contribution in [2.24, 2.45) is 0 Å². The average Bonchev–Trinajstić information content (AvgIpc) is 1.46. The zero-order chi connectivity index (χ0) is 4.71. The molecular formula is C2H8MgO2Zn. The van der Waals surface area contributed by atoms with Crippen molar-refractivity contribution in [3.8, 4) is 0 Å². The summed E-state index contributed by atoms with van der Waals surface area (Å²) in [6, 6.07) is 0. The van der Waals surface area contributed by atoms with E-state index in [1.54, 1.807) is 6.92 Å². The minimum atomic E-state index is 0. The van der Waals surface area contributed by atoms with Gasteiger partial charge in [0.15, 0.2) is 0 Å². The van der Waals surface area contributed by atoms with Gasteiger partial charge < -0.3 is 5.11 Å². The molecule has 0 saturated carbocycles. The fourth-order valence-electron chi connectivity index (χ4n) is 0. The van der Waals surface area contributed by atoms with Gasteiger partial charge in [0.1, 0.15) is 0 Å². The summed E-state index contributed by atoms with van der Waals surface area (Å²) in [7, 11) is 0. The third-order valence-electron chi connectivity index (χ3n) is 0. The predicted octanol–water partition coefficient (Wildman–Crippen LogP) is -1.04. The molecule has 0 aliphatic rings. The van der Waals surface area contributed by atoms with Crippen molar-refractivity contribution >= 4 is 23.1 Å². The van der Waals surface area contributed by atoms with Crippen LogP contribution in [0.15, 0.2) is 0 Å². The summed E-state index contributed by atoms with van der Waals surface area (Å²) in [5.41, 5.74) is 0. The predicted molar refractivity (Wildman–Crippen MR) is 22.0 cm³/mol. The second kappa shape index (κ2) is 35.3. The van der Waals surface area contributed by atoms with E-state index in [-0.39, 0.29) is 47.9 Å². The Bertz CT molecular complexity index is 15.5. The van der Waals surface area contributed by atoms with E-state index >= 15 is 0 Å². The molecule has 0 radical (unpaired) electrons. The number of aliphatic hydroxyl groups excluding tert-OH is 1. The van der Waals surface area contributed by atoms with Crippen LogP contribution in [0.1, 0.15) is 6.92 Å². The Morgan fingerprint density at radius 2 is 1.67 bits per heavy atom. The normalized spacial score (nSPS) is 4.00. The number of hydrogen-bond acceptors (Lipinski definition) is 2. The SMILES string of the molecule is CCO.[MgH2].[O]=[Zn]. The number of aliphatic hydroxyl groups is 1. The Balaban J connectivity index is -0.0000000275. The second-order valence-corrected chi connectivity index (χ2v) is 0.316. The van der Waals surface area contributed by atoms with Crippen molar-refractivity contribution in [2.75, 3.05) is 6.61 Å². The molecule has 0 saturated heterocycles. The zero-order valence-electron chi connectivity index (χ0n) is 3.27. The van der Waals surface area contributed by atoms with Crippen LogP contribution in [0.3, 0.4) is 0 Å². The number of hydrogen-bond donors (Lipinski definition) is 1. The molecule has 2 nitrogen and oxygen atoms in total. The molecule has 0 aliphatic carbocycles. The molecule has 0 rings (SSSR count). The van der Waals surface area contributed by atoms with Crippen molar-refractivity contribution in [1.29, 1.82) is 0 Å². The summed E-state index contributed by atoms with van der Waals surface area (Å²) < 4.78 is 8.38. The Hall–Kier alpha value is 1.15. The molecule has 0 spiro atoms. The van der Waals surface area contributed by atoms with Gasteiger partial charge in [0.05, 0.1) is 0 Å². The summed E-state index contributed by atoms with van der Waals surface area (Å²) in [5, 5.41) is 7.57. The van der Waals surface area contributed by atoms with E-state index in [2.05, 4.69) is 0 Å². The monoisotopic (exact) mass is 152 g/mol. The van der Waals surface area contributed by atoms with Gasteiger partial charge in [0.25, 0.3) is 0 Å². The molecule has 0 heterocycles. The van der Waals surface area contributed by atoms with Crippen molar-refractivity contribution < 1.29 is 26.9 Å². The molecule has 0 aromatic heterocycles. The van der Waals surface area contributed by atoms with Gasteiger partial charge in [-0.15, -0.1) is 0 Å². The molecule has 0 fully saturated rings. The fourth-order valence-corrected chi connectivity index (χ4v) is 0. The molecule has 0 bridgehead atoms. The van der Waals surface area contributed by atoms with Crippen LogP contribution >= 0.6 is 0 Å². The zero-order valence-corrected chi connectivity index (χ0v) is 6.24. The van der Waals surface area contributed by atoms with E-state index in [1.807, 2.05) is 0 Å². The molecule has 0 unspecified atom stereocenters. The van der Waals surface area contributed by atoms with Crippen molar-refractivity contribution in [3.63, 3.8) is 0 Å². The van der Waals surface area contributed by atoms with E-state index in [1.165, 1.54) is 0 Å². The van der Waals surface area contributed by atoms with Crippen LogP contribution in [0.4, 0.5) is 0 Å². The van der Waals surface area contributed by atoms with Gasteiger partial charge in [-0.1, -0.05) is 0 Å². The first-order valence-corrected chi connectivity index (χ1v) is 2.52. The van der Waals surface area contributed by atoms with Gasteiger partial charge in [0.2, 0.25) is 0 Å². The van der Waals surface area contributed by atoms with E-state index in [0.717, 1.165) is 0 Å². The Morgan fingerprint density at radius 3 is 1.67 bits per heavy atom. The van der Waals surface area contributed by atoms with Gasteiger partial charge in [-0.3, -0.25) is 0 Å². The average molecular weight is 154 g/mol. The fraction of sp³-hybridized carbons (Fsp3) is 1.00. The molecule has 0 aliphatic heterocycles. The topological polar surface area (TPSA) is 37.3 Å². The minimum absolute atomic E-state index is 0. The van der Waals surface area contributed by atoms with Crippen molar-refractivity contribution in [3.05, 3.63) is 0 Å². The molecule has 32 valence electrons. The van der Waals surface area contributed by atoms with E-state index in [9.17, 15) is 0 Å². The maximum absolute atomic E-state index is 8.38. The molecule has 0 atom stereocenters. The maximum atomic E-state index is 8.38. The van der Waals surface area contributed by atoms with Crippen LogP contribution in [0.2, 0.25) is 0 Å². The Kier molecular flexibility index (Phi) is 92.4. The summed E-state index contributed by atoms with van der Waals surface area (Å²) in [4.78, 5) is 0. The molecule has 1 N–H and O–H groups in total. The first kappa shape index (κ1) is 15.7. The van der Waals surface area contributed by atoms with E-state index in [0.29, 0.717) is 0 Å². The summed E-state index contributed by atoms with van der Waals surface area (Å²) in [6.07, 6.45) is 0. The summed E-state index contributed by atoms with van der Waals surface area (Å²) in [5.74, 6) is 0. The van der Waals surface area contributed by atoms with E-state index < -0.39 is 0 Å². The van der Waals surface area contributed by atoms with Crippen LogP contribution in [0.25, 0.3) is 0 Å². The van der Waals surface area contributed by atoms with Gasteiger partial charge in [-0.25, -0.2) is 0 Å². The third kappa shape index (κ3) is 67.1. The number of rotatable bonds is 0. The summed E-state index contributed by atoms with van der Waals surface area (Å²) >= 11 is 0.125. The van der Waals surface area contributed by atoms with Gasteiger partial charge >= 0.3 is 44.9 Å². The standard InChI is InChI=1S/C2H6O.Mg.O.Zn.2H/c1-2-3;;;;;/h3H,2H2,1H3;;;;;. The first-order chi connectivity index (χ1) is 2.41. The van der Waals surface area contributed by atoms with Crippen molar-refractivity contribution in [2.45, 2.75) is 6.92 Å². The van der Waals surface area contributed by atoms with Crippen LogP contribution in [-0.4, -0.2) is 34.8 Å². The second-order valence-electron chi connectivity index (χ2n) is 0.316. The Morgan fingerprint density at radius 1 is 1.67 bits per heavy atom. The molecule has 0 amide bonds. The van der Waals surface area contributed by atoms with Crippen LogP contribution in [0.5, 0.6) is 0 Å². The molecular weight excluding hydrogens is 146 g/mol. The van der Waals surface area contributed by atoms with Crippen LogP contribution in [0, 0.1) is 0 Å². The Labute approximate surface area is 63.4 Å². The van der Waals surface area contributed by atoms with Crippen molar-refractivity contribution in [1.82, 2.24) is 0 Å². The van der Waals surface area contributed by atoms with Crippen LogP contribution < -0.4 is 0 Å². The van der Waals surface area contributed by atoms with Gasteiger partial charge in [-0.2, -0.15) is 0 Å². The third-order valence-corrected chi connectivity index (χ3v) is 0. The van der Waals surface area contributed by atoms with Gasteiger partial charge in [0, 0.05) is 6.61 Å². The first-order valence-electron chi connectivity index (χ1n) is 1.31. The molecule has 0 aromatic rings. The van der Waals surface area contributed by atoms with Crippen LogP contribution in [-0.2, 0) is 21.8 Å². The quantitative estimate of drug-likeness (QED) is 0.452. The van der Waals surface area contributed by atoms with Gasteiger partial charge in [-0.05, 0) is 6.92 Å². The van der Waals surface area contributed by atoms with E-state index in [4.69, 9.17) is 8.68 Å². The summed E-state index contributed by atoms with van der Waals surface area (Å²) in [6.45, 7) is 1.93. The molecule has 4 heteroatoms. The molecule has 6 heavy (non-hydrogen) atoms.